The Hall–Kier alpha value is -2.57. The number of nitrogens with two attached hydrogens (primary N) is 1. The third-order valence-corrected chi connectivity index (χ3v) is 8.38. The van der Waals surface area contributed by atoms with Crippen LogP contribution < -0.4 is 16.4 Å². The molecule has 5 N–H and O–H groups in total. The third kappa shape index (κ3) is 6.60. The predicted octanol–water partition coefficient (Wildman–Crippen LogP) is 2.18. The van der Waals surface area contributed by atoms with E-state index >= 15 is 4.39 Å². The average molecular weight is 539 g/mol. The number of carbonyl (C=O) groups is 4. The summed E-state index contributed by atoms with van der Waals surface area (Å²) in [4.78, 5) is 50.0. The number of amides is 3. The van der Waals surface area contributed by atoms with Crippen molar-refractivity contribution >= 4 is 47.2 Å². The Morgan fingerprint density at radius 1 is 1.25 bits per heavy atom. The zero-order valence-electron chi connectivity index (χ0n) is 20.0. The molecule has 0 radical (unpaired) electrons. The molecule has 2 aliphatic heterocycles. The topological polar surface area (TPSA) is 142 Å². The average Bonchev–Trinajstić information content (AvgIpc) is 2.86. The summed E-state index contributed by atoms with van der Waals surface area (Å²) in [6, 6.07) is 5.86. The Labute approximate surface area is 217 Å². The first-order chi connectivity index (χ1) is 17.3. The quantitative estimate of drug-likeness (QED) is 0.170. The lowest BCUT2D eigenvalue weighted by Crippen LogP contribution is -2.70. The summed E-state index contributed by atoms with van der Waals surface area (Å²) in [7, 11) is 0. The van der Waals surface area contributed by atoms with Gasteiger partial charge in [0.25, 0.3) is 11.8 Å². The van der Waals surface area contributed by atoms with Crippen molar-refractivity contribution in [2.24, 2.45) is 5.73 Å². The summed E-state index contributed by atoms with van der Waals surface area (Å²) in [6.45, 7) is 2.32. The van der Waals surface area contributed by atoms with Crippen molar-refractivity contribution in [3.63, 3.8) is 0 Å². The zero-order chi connectivity index (χ0) is 26.2. The number of fused-ring (bicyclic) bond motifs is 1. The summed E-state index contributed by atoms with van der Waals surface area (Å²) in [6.07, 6.45) is 1.69. The molecule has 3 atom stereocenters. The van der Waals surface area contributed by atoms with Crippen LogP contribution in [0.2, 0.25) is 0 Å². The van der Waals surface area contributed by atoms with Gasteiger partial charge in [0.15, 0.2) is 0 Å². The molecule has 0 aromatic heterocycles. The highest BCUT2D eigenvalue weighted by Crippen LogP contribution is 2.42. The normalized spacial score (nSPS) is 19.9. The minimum Gasteiger partial charge on any atom is -0.477 e. The summed E-state index contributed by atoms with van der Waals surface area (Å²) in [5.74, 6) is -2.20. The minimum absolute atomic E-state index is 0.0977. The van der Waals surface area contributed by atoms with Gasteiger partial charge in [0.2, 0.25) is 12.1 Å². The van der Waals surface area contributed by atoms with Crippen LogP contribution in [-0.4, -0.2) is 69.7 Å². The fourth-order valence-corrected chi connectivity index (χ4v) is 6.62. The van der Waals surface area contributed by atoms with Crippen LogP contribution in [-0.2, 0) is 19.2 Å². The number of alkyl halides is 1. The van der Waals surface area contributed by atoms with E-state index in [1.165, 1.54) is 35.3 Å². The van der Waals surface area contributed by atoms with Crippen LogP contribution in [0.5, 0.6) is 0 Å². The number of unbranched alkanes of at least 4 members (excludes halogenated alkanes) is 3. The van der Waals surface area contributed by atoms with E-state index in [9.17, 15) is 24.3 Å². The standard InChI is InChI=1S/C24H31FN4O5S2/c1-14(30)28-19-22(32)29-20(24(33)34)15(13-36-23(19)29)12-35-17-9-5-4-8-16(17)18(25)21(31)27-11-7-3-2-6-10-26/h4-5,8-9,18-19,23H,2-3,6-7,10-13,26H2,1H3,(H,27,31)(H,28,30)(H,33,34)/t18?,19-,23-/m1/s1. The van der Waals surface area contributed by atoms with E-state index in [4.69, 9.17) is 5.73 Å². The number of nitrogens with zero attached hydrogens (tertiary/aromatic N) is 1. The molecule has 36 heavy (non-hydrogen) atoms. The Bertz CT molecular complexity index is 1040. The SMILES string of the molecule is CC(=O)N[C@@H]1C(=O)N2C(C(=O)O)=C(CSc3ccccc3C(F)C(=O)NCCCCCCN)CS[C@H]12. The zero-order valence-corrected chi connectivity index (χ0v) is 21.6. The van der Waals surface area contributed by atoms with Gasteiger partial charge in [-0.15, -0.1) is 23.5 Å². The highest BCUT2D eigenvalue weighted by atomic mass is 32.2. The van der Waals surface area contributed by atoms with Gasteiger partial charge in [-0.25, -0.2) is 9.18 Å². The van der Waals surface area contributed by atoms with E-state index in [2.05, 4.69) is 10.6 Å². The highest BCUT2D eigenvalue weighted by Gasteiger charge is 2.53. The van der Waals surface area contributed by atoms with Crippen LogP contribution in [0.3, 0.4) is 0 Å². The Balaban J connectivity index is 1.65. The number of carbonyl (C=O) groups excluding carboxylic acids is 3. The third-order valence-electron chi connectivity index (χ3n) is 5.86. The van der Waals surface area contributed by atoms with Crippen molar-refractivity contribution in [1.29, 1.82) is 0 Å². The molecule has 1 saturated heterocycles. The lowest BCUT2D eigenvalue weighted by atomic mass is 10.0. The van der Waals surface area contributed by atoms with Crippen molar-refractivity contribution in [3.8, 4) is 0 Å². The largest absolute Gasteiger partial charge is 0.477 e. The molecule has 9 nitrogen and oxygen atoms in total. The van der Waals surface area contributed by atoms with Crippen molar-refractivity contribution in [2.45, 2.75) is 55.1 Å². The molecule has 0 aliphatic carbocycles. The van der Waals surface area contributed by atoms with E-state index in [0.717, 1.165) is 25.7 Å². The van der Waals surface area contributed by atoms with Crippen molar-refractivity contribution in [3.05, 3.63) is 41.1 Å². The van der Waals surface area contributed by atoms with E-state index < -0.39 is 35.4 Å². The van der Waals surface area contributed by atoms with Crippen LogP contribution in [0.25, 0.3) is 0 Å². The lowest BCUT2D eigenvalue weighted by Gasteiger charge is -2.49. The molecular weight excluding hydrogens is 507 g/mol. The molecule has 0 saturated carbocycles. The van der Waals surface area contributed by atoms with Crippen LogP contribution in [0.1, 0.15) is 44.3 Å². The summed E-state index contributed by atoms with van der Waals surface area (Å²) < 4.78 is 15.1. The maximum Gasteiger partial charge on any atom is 0.352 e. The highest BCUT2D eigenvalue weighted by molar-refractivity contribution is 8.01. The van der Waals surface area contributed by atoms with Crippen LogP contribution in [0, 0.1) is 0 Å². The fraction of sp³-hybridized carbons (Fsp3) is 0.500. The number of carboxylic acid groups (broad SMARTS) is 1. The number of thioether (sulfide) groups is 2. The van der Waals surface area contributed by atoms with Crippen LogP contribution in [0.15, 0.2) is 40.4 Å². The predicted molar refractivity (Wildman–Crippen MR) is 137 cm³/mol. The monoisotopic (exact) mass is 538 g/mol. The Morgan fingerprint density at radius 2 is 1.97 bits per heavy atom. The molecule has 3 rings (SSSR count). The first-order valence-electron chi connectivity index (χ1n) is 11.8. The van der Waals surface area contributed by atoms with Crippen LogP contribution in [0.4, 0.5) is 4.39 Å². The molecule has 3 amide bonds. The van der Waals surface area contributed by atoms with Crippen molar-refractivity contribution < 1.29 is 28.7 Å². The van der Waals surface area contributed by atoms with E-state index in [1.54, 1.807) is 24.3 Å². The van der Waals surface area contributed by atoms with E-state index in [1.807, 2.05) is 0 Å². The molecule has 0 bridgehead atoms. The van der Waals surface area contributed by atoms with Gasteiger partial charge in [0.05, 0.1) is 0 Å². The maximum atomic E-state index is 15.1. The van der Waals surface area contributed by atoms with Gasteiger partial charge in [-0.1, -0.05) is 31.0 Å². The fourth-order valence-electron chi connectivity index (χ4n) is 4.06. The second-order valence-electron chi connectivity index (χ2n) is 8.53. The van der Waals surface area contributed by atoms with Gasteiger partial charge < -0.3 is 21.5 Å². The second-order valence-corrected chi connectivity index (χ2v) is 10.7. The molecule has 1 unspecified atom stereocenters. The number of hydrogen-bond acceptors (Lipinski definition) is 7. The number of hydrogen-bond donors (Lipinski definition) is 4. The summed E-state index contributed by atoms with van der Waals surface area (Å²) in [5, 5.41) is 14.5. The maximum absolute atomic E-state index is 15.1. The van der Waals surface area contributed by atoms with Gasteiger partial charge in [-0.3, -0.25) is 19.3 Å². The smallest absolute Gasteiger partial charge is 0.352 e. The van der Waals surface area contributed by atoms with Gasteiger partial charge in [0.1, 0.15) is 17.1 Å². The molecule has 0 spiro atoms. The number of benzene rings is 1. The van der Waals surface area contributed by atoms with Gasteiger partial charge in [0, 0.05) is 35.4 Å². The number of β-lactam (4-membered cyclic amide) rings is 1. The summed E-state index contributed by atoms with van der Waals surface area (Å²) >= 11 is 2.60. The molecule has 2 heterocycles. The van der Waals surface area contributed by atoms with Crippen LogP contribution >= 0.6 is 23.5 Å². The number of halogens is 1. The first kappa shape index (κ1) is 28.0. The van der Waals surface area contributed by atoms with E-state index in [0.29, 0.717) is 29.3 Å². The summed E-state index contributed by atoms with van der Waals surface area (Å²) in [5.41, 5.74) is 6.10. The molecular formula is C24H31FN4O5S2. The minimum atomic E-state index is -1.86. The first-order valence-corrected chi connectivity index (χ1v) is 13.8. The second kappa shape index (κ2) is 13.1. The molecule has 1 fully saturated rings. The van der Waals surface area contributed by atoms with Crippen molar-refractivity contribution in [2.75, 3.05) is 24.6 Å². The van der Waals surface area contributed by atoms with Gasteiger partial charge in [-0.2, -0.15) is 0 Å². The molecule has 1 aromatic rings. The molecule has 12 heteroatoms. The molecule has 1 aromatic carbocycles. The molecule has 2 aliphatic rings. The Kier molecular flexibility index (Phi) is 10.2. The van der Waals surface area contributed by atoms with E-state index in [-0.39, 0.29) is 22.9 Å². The number of carboxylic acids is 1. The molecule has 196 valence electrons. The van der Waals surface area contributed by atoms with Gasteiger partial charge >= 0.3 is 5.97 Å². The number of rotatable bonds is 13. The Morgan fingerprint density at radius 3 is 2.67 bits per heavy atom. The van der Waals surface area contributed by atoms with Gasteiger partial charge in [-0.05, 0) is 31.0 Å². The number of aliphatic carboxylic acids is 1. The lowest BCUT2D eigenvalue weighted by molar-refractivity contribution is -0.150. The number of nitrogens with one attached hydrogen (secondary N) is 2. The van der Waals surface area contributed by atoms with Crippen molar-refractivity contribution in [1.82, 2.24) is 15.5 Å².